The third-order valence-electron chi connectivity index (χ3n) is 12.4. The largest absolute Gasteiger partial charge is 0.384 e. The van der Waals surface area contributed by atoms with Gasteiger partial charge < -0.3 is 25.5 Å². The van der Waals surface area contributed by atoms with Crippen LogP contribution in [-0.2, 0) is 28.2 Å². The van der Waals surface area contributed by atoms with Crippen LogP contribution in [0.5, 0.6) is 0 Å². The predicted octanol–water partition coefficient (Wildman–Crippen LogP) is 4.46. The summed E-state index contributed by atoms with van der Waals surface area (Å²) in [5.74, 6) is 0.410. The van der Waals surface area contributed by atoms with Crippen LogP contribution >= 0.6 is 0 Å². The van der Waals surface area contributed by atoms with Crippen LogP contribution < -0.4 is 31.3 Å². The van der Waals surface area contributed by atoms with Gasteiger partial charge in [0.15, 0.2) is 11.5 Å². The van der Waals surface area contributed by atoms with E-state index in [1.807, 2.05) is 24.3 Å². The number of piperidine rings is 2. The first-order chi connectivity index (χ1) is 29.0. The molecule has 3 aliphatic heterocycles. The molecule has 0 unspecified atom stereocenters. The molecule has 0 saturated carbocycles. The summed E-state index contributed by atoms with van der Waals surface area (Å²) in [5.41, 5.74) is 3.80. The number of halogens is 1. The molecule has 5 aromatic rings. The predicted molar refractivity (Wildman–Crippen MR) is 229 cm³/mol. The van der Waals surface area contributed by atoms with Gasteiger partial charge in [-0.1, -0.05) is 12.1 Å². The molecule has 2 amide bonds. The lowest BCUT2D eigenvalue weighted by atomic mass is 9.95. The second kappa shape index (κ2) is 16.1. The second-order valence-electron chi connectivity index (χ2n) is 16.6. The average molecular weight is 816 g/mol. The summed E-state index contributed by atoms with van der Waals surface area (Å²) < 4.78 is 18.5. The number of imide groups is 1. The standard InChI is InChI=1S/C44H50FN11O4/c1-3-18-55-42(59)33-26-46-43(51-40(33)56(55)37-12-4-29-14-17-44(2,60)39(29)49-37)48-30-5-8-32(9-6-30)53-23-21-52(22-24-53)27-28-15-19-54(20-16-28)36-11-7-31(25-34(36)45)47-35-10-13-38(57)50-41(35)58/h3-9,11-12,25-26,28,35,47,60H,1,10,13-24,27H2,2H3,(H,46,48,51)(H,50,57,58)/t35-,44-/m0/s1. The van der Waals surface area contributed by atoms with Gasteiger partial charge in [-0.2, -0.15) is 4.98 Å². The quantitative estimate of drug-likeness (QED) is 0.110. The number of fused-ring (bicyclic) bond motifs is 2. The molecule has 1 aliphatic carbocycles. The molecule has 0 spiro atoms. The van der Waals surface area contributed by atoms with Crippen LogP contribution in [-0.4, -0.2) is 98.0 Å². The number of rotatable bonds is 11. The summed E-state index contributed by atoms with van der Waals surface area (Å²) in [6, 6.07) is 16.5. The number of carbonyl (C=O) groups is 2. The van der Waals surface area contributed by atoms with Crippen LogP contribution in [0.1, 0.15) is 50.3 Å². The Morgan fingerprint density at radius 2 is 1.70 bits per heavy atom. The monoisotopic (exact) mass is 815 g/mol. The summed E-state index contributed by atoms with van der Waals surface area (Å²) in [5, 5.41) is 20.0. The van der Waals surface area contributed by atoms with Gasteiger partial charge in [-0.15, -0.1) is 6.58 Å². The first-order valence-electron chi connectivity index (χ1n) is 20.8. The highest BCUT2D eigenvalue weighted by Crippen LogP contribution is 2.36. The van der Waals surface area contributed by atoms with E-state index in [0.717, 1.165) is 82.0 Å². The van der Waals surface area contributed by atoms with Crippen molar-refractivity contribution in [1.82, 2.24) is 34.5 Å². The zero-order valence-electron chi connectivity index (χ0n) is 33.7. The van der Waals surface area contributed by atoms with E-state index >= 15 is 4.39 Å². The number of nitrogens with zero attached hydrogens (tertiary/aromatic N) is 8. The summed E-state index contributed by atoms with van der Waals surface area (Å²) in [4.78, 5) is 58.2. The summed E-state index contributed by atoms with van der Waals surface area (Å²) in [6.07, 6.45) is 7.17. The maximum atomic E-state index is 15.2. The molecule has 0 bridgehead atoms. The van der Waals surface area contributed by atoms with Crippen LogP contribution in [0.25, 0.3) is 16.9 Å². The Hall–Kier alpha value is -6.13. The van der Waals surface area contributed by atoms with Crippen LogP contribution in [0.2, 0.25) is 0 Å². The van der Waals surface area contributed by atoms with E-state index in [1.54, 1.807) is 29.8 Å². The van der Waals surface area contributed by atoms with Gasteiger partial charge in [0.1, 0.15) is 22.8 Å². The van der Waals surface area contributed by atoms with E-state index in [2.05, 4.69) is 54.3 Å². The van der Waals surface area contributed by atoms with E-state index in [9.17, 15) is 19.5 Å². The van der Waals surface area contributed by atoms with Crippen molar-refractivity contribution in [1.29, 1.82) is 0 Å². The van der Waals surface area contributed by atoms with Crippen molar-refractivity contribution in [3.63, 3.8) is 0 Å². The molecule has 60 heavy (non-hydrogen) atoms. The number of anilines is 5. The molecule has 9 rings (SSSR count). The fraction of sp³-hybridized carbons (Fsp3) is 0.409. The van der Waals surface area contributed by atoms with Gasteiger partial charge in [0.25, 0.3) is 5.56 Å². The van der Waals surface area contributed by atoms with Crippen LogP contribution in [0, 0.1) is 11.7 Å². The molecule has 3 aromatic heterocycles. The lowest BCUT2D eigenvalue weighted by Gasteiger charge is -2.40. The number of aryl methyl sites for hydroxylation is 1. The summed E-state index contributed by atoms with van der Waals surface area (Å²) >= 11 is 0. The molecule has 15 nitrogen and oxygen atoms in total. The maximum absolute atomic E-state index is 15.2. The zero-order chi connectivity index (χ0) is 41.5. The molecule has 312 valence electrons. The smallest absolute Gasteiger partial charge is 0.278 e. The number of benzene rings is 2. The van der Waals surface area contributed by atoms with Gasteiger partial charge in [-0.05, 0) is 99.0 Å². The third kappa shape index (κ3) is 7.84. The van der Waals surface area contributed by atoms with Crippen molar-refractivity contribution in [3.8, 4) is 5.82 Å². The van der Waals surface area contributed by atoms with Gasteiger partial charge >= 0.3 is 0 Å². The maximum Gasteiger partial charge on any atom is 0.278 e. The SMILES string of the molecule is C=CCn1c(=O)c2cnc(Nc3ccc(N4CCN(CC5CCN(c6ccc(N[C@H]7CCC(=O)NC7=O)cc6F)CC5)CC4)cc3)nc2n1-c1ccc2c(n1)[C@@](C)(O)CC2. The van der Waals surface area contributed by atoms with Gasteiger partial charge in [-0.3, -0.25) is 24.6 Å². The lowest BCUT2D eigenvalue weighted by Crippen LogP contribution is -2.49. The minimum Gasteiger partial charge on any atom is -0.384 e. The molecule has 16 heteroatoms. The second-order valence-corrected chi connectivity index (χ2v) is 16.6. The first kappa shape index (κ1) is 39.3. The Balaban J connectivity index is 0.781. The summed E-state index contributed by atoms with van der Waals surface area (Å²) in [7, 11) is 0. The van der Waals surface area contributed by atoms with Crippen molar-refractivity contribution < 1.29 is 19.1 Å². The number of piperazine rings is 1. The lowest BCUT2D eigenvalue weighted by molar-refractivity contribution is -0.133. The topological polar surface area (TPSA) is 166 Å². The number of aliphatic hydroxyl groups is 1. The number of pyridine rings is 1. The number of hydrogen-bond donors (Lipinski definition) is 4. The number of aromatic nitrogens is 5. The molecule has 2 aromatic carbocycles. The Labute approximate surface area is 346 Å². The summed E-state index contributed by atoms with van der Waals surface area (Å²) in [6.45, 7) is 12.2. The van der Waals surface area contributed by atoms with Gasteiger partial charge in [-0.25, -0.2) is 23.7 Å². The minimum atomic E-state index is -1.04. The van der Waals surface area contributed by atoms with Crippen molar-refractivity contribution in [2.24, 2.45) is 5.92 Å². The van der Waals surface area contributed by atoms with Crippen LogP contribution in [0.4, 0.5) is 33.1 Å². The van der Waals surface area contributed by atoms with E-state index < -0.39 is 11.6 Å². The van der Waals surface area contributed by atoms with Crippen molar-refractivity contribution in [2.75, 3.05) is 66.2 Å². The molecular weight excluding hydrogens is 766 g/mol. The van der Waals surface area contributed by atoms with Gasteiger partial charge in [0.2, 0.25) is 17.8 Å². The molecule has 4 N–H and O–H groups in total. The molecular formula is C44H50FN11O4. The number of allylic oxidation sites excluding steroid dienone is 1. The zero-order valence-corrected chi connectivity index (χ0v) is 33.7. The Kier molecular flexibility index (Phi) is 10.6. The van der Waals surface area contributed by atoms with E-state index in [-0.39, 0.29) is 36.2 Å². The van der Waals surface area contributed by atoms with Gasteiger partial charge in [0.05, 0.1) is 17.9 Å². The van der Waals surface area contributed by atoms with Crippen LogP contribution in [0.3, 0.4) is 0 Å². The number of carbonyl (C=O) groups excluding carboxylic acids is 2. The number of amides is 2. The Bertz CT molecular complexity index is 2500. The normalized spacial score (nSPS) is 21.3. The molecule has 3 fully saturated rings. The average Bonchev–Trinajstić information content (AvgIpc) is 3.70. The van der Waals surface area contributed by atoms with E-state index in [4.69, 9.17) is 9.97 Å². The molecule has 2 atom stereocenters. The number of nitrogens with one attached hydrogen (secondary N) is 3. The van der Waals surface area contributed by atoms with Crippen molar-refractivity contribution >= 4 is 51.5 Å². The molecule has 6 heterocycles. The Morgan fingerprint density at radius 3 is 2.43 bits per heavy atom. The fourth-order valence-corrected chi connectivity index (χ4v) is 9.05. The number of hydrogen-bond acceptors (Lipinski definition) is 12. The van der Waals surface area contributed by atoms with Crippen LogP contribution in [0.15, 0.2) is 78.2 Å². The van der Waals surface area contributed by atoms with E-state index in [0.29, 0.717) is 58.6 Å². The fourth-order valence-electron chi connectivity index (χ4n) is 9.05. The highest BCUT2D eigenvalue weighted by molar-refractivity contribution is 6.01. The Morgan fingerprint density at radius 1 is 0.933 bits per heavy atom. The van der Waals surface area contributed by atoms with E-state index in [1.165, 1.54) is 16.9 Å². The highest BCUT2D eigenvalue weighted by atomic mass is 19.1. The molecule has 4 aliphatic rings. The third-order valence-corrected chi connectivity index (χ3v) is 12.4. The van der Waals surface area contributed by atoms with Crippen molar-refractivity contribution in [3.05, 3.63) is 101 Å². The minimum absolute atomic E-state index is 0.248. The molecule has 3 saturated heterocycles. The molecule has 0 radical (unpaired) electrons. The van der Waals surface area contributed by atoms with Crippen molar-refractivity contribution in [2.45, 2.75) is 63.6 Å². The van der Waals surface area contributed by atoms with Gasteiger partial charge in [0, 0.05) is 75.5 Å². The highest BCUT2D eigenvalue weighted by Gasteiger charge is 2.34. The first-order valence-corrected chi connectivity index (χ1v) is 20.8.